The maximum Gasteiger partial charge on any atom is 0.134 e. The number of ketones is 1. The minimum absolute atomic E-state index is 0.247. The molecule has 2 aromatic rings. The van der Waals surface area contributed by atoms with E-state index in [1.165, 1.54) is 22.2 Å². The first kappa shape index (κ1) is 12.2. The van der Waals surface area contributed by atoms with Gasteiger partial charge in [-0.25, -0.2) is 0 Å². The second-order valence-electron chi connectivity index (χ2n) is 6.21. The highest BCUT2D eigenvalue weighted by atomic mass is 16.1. The first-order valence-electron chi connectivity index (χ1n) is 7.58. The summed E-state index contributed by atoms with van der Waals surface area (Å²) in [7, 11) is 0. The number of hydrogen-bond donors (Lipinski definition) is 1. The summed E-state index contributed by atoms with van der Waals surface area (Å²) in [4.78, 5) is 17.8. The average molecular weight is 268 g/mol. The molecule has 0 bridgehead atoms. The lowest BCUT2D eigenvalue weighted by molar-refractivity contribution is -0.123. The molecule has 1 saturated heterocycles. The molecule has 0 radical (unpaired) electrons. The van der Waals surface area contributed by atoms with Gasteiger partial charge >= 0.3 is 0 Å². The van der Waals surface area contributed by atoms with Gasteiger partial charge in [-0.2, -0.15) is 0 Å². The number of benzene rings is 1. The van der Waals surface area contributed by atoms with Gasteiger partial charge in [0.25, 0.3) is 0 Å². The molecule has 1 aromatic heterocycles. The summed E-state index contributed by atoms with van der Waals surface area (Å²) < 4.78 is 0. The number of carbonyl (C=O) groups is 1. The Labute approximate surface area is 119 Å². The van der Waals surface area contributed by atoms with Crippen molar-refractivity contribution in [3.05, 3.63) is 35.5 Å². The smallest absolute Gasteiger partial charge is 0.134 e. The van der Waals surface area contributed by atoms with Crippen LogP contribution in [-0.4, -0.2) is 28.8 Å². The zero-order valence-electron chi connectivity index (χ0n) is 11.9. The molecule has 3 heterocycles. The van der Waals surface area contributed by atoms with Crippen molar-refractivity contribution in [3.63, 3.8) is 0 Å². The van der Waals surface area contributed by atoms with Crippen molar-refractivity contribution in [2.45, 2.75) is 32.2 Å². The Balaban J connectivity index is 1.73. The molecule has 1 N–H and O–H groups in total. The molecule has 1 aromatic carbocycles. The van der Waals surface area contributed by atoms with Crippen LogP contribution in [0.1, 0.15) is 37.1 Å². The van der Waals surface area contributed by atoms with E-state index in [1.54, 1.807) is 6.92 Å². The van der Waals surface area contributed by atoms with E-state index in [1.807, 2.05) is 0 Å². The van der Waals surface area contributed by atoms with Crippen LogP contribution in [0.25, 0.3) is 10.9 Å². The standard InChI is InChI=1S/C17H20N2O/c1-11(20)12-6-7-16-17-14(8-9-19(16)10-12)13-4-2-3-5-15(13)18-17/h2-5,12,16,18H,6-10H2,1H3/t12-,16+/m0/s1. The highest BCUT2D eigenvalue weighted by molar-refractivity contribution is 5.85. The van der Waals surface area contributed by atoms with E-state index in [0.29, 0.717) is 11.8 Å². The summed E-state index contributed by atoms with van der Waals surface area (Å²) in [5, 5.41) is 1.39. The molecular weight excluding hydrogens is 248 g/mol. The lowest BCUT2D eigenvalue weighted by Crippen LogP contribution is -2.44. The van der Waals surface area contributed by atoms with Crippen molar-refractivity contribution < 1.29 is 4.79 Å². The number of nitrogens with one attached hydrogen (secondary N) is 1. The predicted molar refractivity (Wildman–Crippen MR) is 79.7 cm³/mol. The summed E-state index contributed by atoms with van der Waals surface area (Å²) in [5.41, 5.74) is 4.16. The normalized spacial score (nSPS) is 26.2. The molecule has 0 unspecified atom stereocenters. The molecule has 0 saturated carbocycles. The van der Waals surface area contributed by atoms with Gasteiger partial charge in [-0.15, -0.1) is 0 Å². The molecule has 3 nitrogen and oxygen atoms in total. The first-order chi connectivity index (χ1) is 9.74. The quantitative estimate of drug-likeness (QED) is 0.863. The van der Waals surface area contributed by atoms with E-state index in [9.17, 15) is 4.79 Å². The van der Waals surface area contributed by atoms with Crippen molar-refractivity contribution in [3.8, 4) is 0 Å². The van der Waals surface area contributed by atoms with Crippen molar-refractivity contribution in [1.29, 1.82) is 0 Å². The number of aromatic nitrogens is 1. The van der Waals surface area contributed by atoms with Gasteiger partial charge < -0.3 is 4.98 Å². The Hall–Kier alpha value is -1.61. The lowest BCUT2D eigenvalue weighted by Gasteiger charge is -2.41. The van der Waals surface area contributed by atoms with Gasteiger partial charge in [0.05, 0.1) is 6.04 Å². The van der Waals surface area contributed by atoms with Gasteiger partial charge in [0.1, 0.15) is 5.78 Å². The van der Waals surface area contributed by atoms with Crippen LogP contribution in [0.5, 0.6) is 0 Å². The Morgan fingerprint density at radius 1 is 1.30 bits per heavy atom. The van der Waals surface area contributed by atoms with Crippen LogP contribution in [0.4, 0.5) is 0 Å². The Kier molecular flexibility index (Phi) is 2.71. The minimum atomic E-state index is 0.247. The molecule has 104 valence electrons. The van der Waals surface area contributed by atoms with Crippen LogP contribution in [0, 0.1) is 5.92 Å². The van der Waals surface area contributed by atoms with E-state index < -0.39 is 0 Å². The number of carbonyl (C=O) groups excluding carboxylic acids is 1. The van der Waals surface area contributed by atoms with E-state index in [-0.39, 0.29) is 5.92 Å². The molecule has 3 heteroatoms. The van der Waals surface area contributed by atoms with Crippen LogP contribution in [-0.2, 0) is 11.2 Å². The largest absolute Gasteiger partial charge is 0.357 e. The SMILES string of the molecule is CC(=O)[C@H]1CC[C@@H]2c3[nH]c4ccccc4c3CCN2C1. The second-order valence-corrected chi connectivity index (χ2v) is 6.21. The number of piperidine rings is 1. The zero-order chi connectivity index (χ0) is 13.7. The summed E-state index contributed by atoms with van der Waals surface area (Å²) in [6.07, 6.45) is 3.23. The van der Waals surface area contributed by atoms with E-state index in [0.717, 1.165) is 32.4 Å². The van der Waals surface area contributed by atoms with E-state index >= 15 is 0 Å². The van der Waals surface area contributed by atoms with E-state index in [2.05, 4.69) is 34.1 Å². The van der Waals surface area contributed by atoms with Crippen molar-refractivity contribution in [1.82, 2.24) is 9.88 Å². The number of rotatable bonds is 1. The summed E-state index contributed by atoms with van der Waals surface area (Å²) >= 11 is 0. The summed E-state index contributed by atoms with van der Waals surface area (Å²) in [5.74, 6) is 0.600. The number of para-hydroxylation sites is 1. The predicted octanol–water partition coefficient (Wildman–Crippen LogP) is 3.07. The van der Waals surface area contributed by atoms with Crippen LogP contribution in [0.15, 0.2) is 24.3 Å². The summed E-state index contributed by atoms with van der Waals surface area (Å²) in [6.45, 7) is 3.77. The third-order valence-corrected chi connectivity index (χ3v) is 5.09. The zero-order valence-corrected chi connectivity index (χ0v) is 11.9. The minimum Gasteiger partial charge on any atom is -0.357 e. The summed E-state index contributed by atoms with van der Waals surface area (Å²) in [6, 6.07) is 9.09. The molecule has 0 spiro atoms. The van der Waals surface area contributed by atoms with E-state index in [4.69, 9.17) is 0 Å². The monoisotopic (exact) mass is 268 g/mol. The number of hydrogen-bond acceptors (Lipinski definition) is 2. The second kappa shape index (κ2) is 4.45. The van der Waals surface area contributed by atoms with Gasteiger partial charge in [0.15, 0.2) is 0 Å². The number of H-pyrrole nitrogens is 1. The van der Waals surface area contributed by atoms with Crippen molar-refractivity contribution in [2.24, 2.45) is 5.92 Å². The highest BCUT2D eigenvalue weighted by Gasteiger charge is 2.36. The highest BCUT2D eigenvalue weighted by Crippen LogP contribution is 2.40. The molecule has 4 rings (SSSR count). The molecule has 2 atom stereocenters. The molecule has 0 aliphatic carbocycles. The number of nitrogens with zero attached hydrogens (tertiary/aromatic N) is 1. The number of Topliss-reactive ketones (excluding diaryl/α,β-unsaturated/α-hetero) is 1. The van der Waals surface area contributed by atoms with Crippen LogP contribution in [0.2, 0.25) is 0 Å². The maximum atomic E-state index is 11.6. The van der Waals surface area contributed by atoms with Gasteiger partial charge in [-0.05, 0) is 37.8 Å². The molecule has 20 heavy (non-hydrogen) atoms. The van der Waals surface area contributed by atoms with Gasteiger partial charge in [0.2, 0.25) is 0 Å². The lowest BCUT2D eigenvalue weighted by atomic mass is 9.85. The van der Waals surface area contributed by atoms with Crippen molar-refractivity contribution >= 4 is 16.7 Å². The maximum absolute atomic E-state index is 11.6. The molecular formula is C17H20N2O. The Bertz CT molecular complexity index is 673. The Morgan fingerprint density at radius 2 is 2.15 bits per heavy atom. The molecule has 0 amide bonds. The third-order valence-electron chi connectivity index (χ3n) is 5.09. The average Bonchev–Trinajstić information content (AvgIpc) is 2.85. The van der Waals surface area contributed by atoms with Crippen LogP contribution >= 0.6 is 0 Å². The molecule has 2 aliphatic heterocycles. The fourth-order valence-corrected chi connectivity index (χ4v) is 3.98. The van der Waals surface area contributed by atoms with Crippen LogP contribution in [0.3, 0.4) is 0 Å². The fourth-order valence-electron chi connectivity index (χ4n) is 3.98. The Morgan fingerprint density at radius 3 is 3.00 bits per heavy atom. The first-order valence-corrected chi connectivity index (χ1v) is 7.58. The van der Waals surface area contributed by atoms with Gasteiger partial charge in [-0.3, -0.25) is 9.69 Å². The molecule has 1 fully saturated rings. The third kappa shape index (κ3) is 1.73. The van der Waals surface area contributed by atoms with Crippen LogP contribution < -0.4 is 0 Å². The fraction of sp³-hybridized carbons (Fsp3) is 0.471. The molecule has 2 aliphatic rings. The number of fused-ring (bicyclic) bond motifs is 5. The van der Waals surface area contributed by atoms with Crippen molar-refractivity contribution in [2.75, 3.05) is 13.1 Å². The van der Waals surface area contributed by atoms with Gasteiger partial charge in [0, 0.05) is 35.6 Å². The number of aromatic amines is 1. The topological polar surface area (TPSA) is 36.1 Å². The van der Waals surface area contributed by atoms with Gasteiger partial charge in [-0.1, -0.05) is 18.2 Å².